The second kappa shape index (κ2) is 6.65. The Hall–Kier alpha value is -1.43. The quantitative estimate of drug-likeness (QED) is 0.841. The SMILES string of the molecule is CC(NS(=O)(=O)c1cccs1)C(=O)N(C)CCC#N. The summed E-state index contributed by atoms with van der Waals surface area (Å²) in [6, 6.07) is 4.17. The Morgan fingerprint density at radius 2 is 2.32 bits per heavy atom. The molecule has 19 heavy (non-hydrogen) atoms. The maximum Gasteiger partial charge on any atom is 0.250 e. The van der Waals surface area contributed by atoms with Crippen molar-refractivity contribution in [3.8, 4) is 6.07 Å². The summed E-state index contributed by atoms with van der Waals surface area (Å²) in [4.78, 5) is 13.2. The largest absolute Gasteiger partial charge is 0.343 e. The van der Waals surface area contributed by atoms with Crippen molar-refractivity contribution in [2.75, 3.05) is 13.6 Å². The van der Waals surface area contributed by atoms with Gasteiger partial charge in [0.05, 0.1) is 18.5 Å². The molecule has 0 saturated heterocycles. The molecule has 1 heterocycles. The Morgan fingerprint density at radius 3 is 2.84 bits per heavy atom. The van der Waals surface area contributed by atoms with Crippen molar-refractivity contribution in [1.29, 1.82) is 5.26 Å². The van der Waals surface area contributed by atoms with Crippen LogP contribution in [0, 0.1) is 11.3 Å². The molecule has 1 rings (SSSR count). The second-order valence-electron chi connectivity index (χ2n) is 3.94. The Morgan fingerprint density at radius 1 is 1.63 bits per heavy atom. The Balaban J connectivity index is 2.67. The van der Waals surface area contributed by atoms with Crippen LogP contribution in [0.1, 0.15) is 13.3 Å². The first-order chi connectivity index (χ1) is 8.88. The normalized spacial score (nSPS) is 12.7. The van der Waals surface area contributed by atoms with Crippen molar-refractivity contribution in [2.45, 2.75) is 23.6 Å². The van der Waals surface area contributed by atoms with Gasteiger partial charge in [0.1, 0.15) is 4.21 Å². The lowest BCUT2D eigenvalue weighted by Gasteiger charge is -2.20. The van der Waals surface area contributed by atoms with E-state index in [1.165, 1.54) is 24.9 Å². The third-order valence-corrected chi connectivity index (χ3v) is 5.34. The molecule has 0 bridgehead atoms. The highest BCUT2D eigenvalue weighted by atomic mass is 32.2. The Kier molecular flexibility index (Phi) is 5.47. The van der Waals surface area contributed by atoms with Gasteiger partial charge in [-0.15, -0.1) is 11.3 Å². The zero-order valence-corrected chi connectivity index (χ0v) is 12.3. The van der Waals surface area contributed by atoms with Crippen LogP contribution in [0.5, 0.6) is 0 Å². The van der Waals surface area contributed by atoms with Crippen LogP contribution < -0.4 is 4.72 Å². The fourth-order valence-electron chi connectivity index (χ4n) is 1.42. The van der Waals surface area contributed by atoms with Crippen LogP contribution >= 0.6 is 11.3 Å². The molecule has 1 N–H and O–H groups in total. The first kappa shape index (κ1) is 15.6. The van der Waals surface area contributed by atoms with Crippen molar-refractivity contribution in [3.05, 3.63) is 17.5 Å². The van der Waals surface area contributed by atoms with E-state index in [0.29, 0.717) is 0 Å². The summed E-state index contributed by atoms with van der Waals surface area (Å²) in [5.41, 5.74) is 0. The molecule has 0 spiro atoms. The molecule has 1 aromatic heterocycles. The molecule has 0 aliphatic rings. The zero-order chi connectivity index (χ0) is 14.5. The number of likely N-dealkylation sites (N-methyl/N-ethyl adjacent to an activating group) is 1. The van der Waals surface area contributed by atoms with Gasteiger partial charge in [0.2, 0.25) is 5.91 Å². The van der Waals surface area contributed by atoms with E-state index < -0.39 is 16.1 Å². The highest BCUT2D eigenvalue weighted by Gasteiger charge is 2.24. The summed E-state index contributed by atoms with van der Waals surface area (Å²) in [6.07, 6.45) is 0.215. The molecular formula is C11H15N3O3S2. The van der Waals surface area contributed by atoms with Crippen LogP contribution in [-0.4, -0.2) is 38.9 Å². The lowest BCUT2D eigenvalue weighted by molar-refractivity contribution is -0.131. The van der Waals surface area contributed by atoms with Crippen molar-refractivity contribution in [2.24, 2.45) is 0 Å². The summed E-state index contributed by atoms with van der Waals surface area (Å²) < 4.78 is 26.3. The molecule has 0 aliphatic carbocycles. The van der Waals surface area contributed by atoms with Crippen LogP contribution in [0.4, 0.5) is 0 Å². The number of carbonyl (C=O) groups excluding carboxylic acids is 1. The summed E-state index contributed by atoms with van der Waals surface area (Å²) >= 11 is 1.09. The fraction of sp³-hybridized carbons (Fsp3) is 0.455. The Bertz CT molecular complexity index is 561. The van der Waals surface area contributed by atoms with Gasteiger partial charge < -0.3 is 4.90 Å². The highest BCUT2D eigenvalue weighted by molar-refractivity contribution is 7.91. The fourth-order valence-corrected chi connectivity index (χ4v) is 3.62. The molecule has 1 aromatic rings. The van der Waals surface area contributed by atoms with Crippen molar-refractivity contribution < 1.29 is 13.2 Å². The minimum Gasteiger partial charge on any atom is -0.343 e. The number of thiophene rings is 1. The van der Waals surface area contributed by atoms with E-state index in [4.69, 9.17) is 5.26 Å². The molecule has 0 aliphatic heterocycles. The molecule has 1 amide bonds. The standard InChI is InChI=1S/C11H15N3O3S2/c1-9(11(15)14(2)7-4-6-12)13-19(16,17)10-5-3-8-18-10/h3,5,8-9,13H,4,7H2,1-2H3. The molecular weight excluding hydrogens is 286 g/mol. The molecule has 1 unspecified atom stereocenters. The first-order valence-corrected chi connectivity index (χ1v) is 7.92. The van der Waals surface area contributed by atoms with Gasteiger partial charge in [-0.25, -0.2) is 8.42 Å². The number of nitrogens with one attached hydrogen (secondary N) is 1. The number of sulfonamides is 1. The van der Waals surface area contributed by atoms with Gasteiger partial charge in [-0.3, -0.25) is 4.79 Å². The van der Waals surface area contributed by atoms with Crippen molar-refractivity contribution >= 4 is 27.3 Å². The molecule has 0 radical (unpaired) electrons. The number of hydrogen-bond donors (Lipinski definition) is 1. The summed E-state index contributed by atoms with van der Waals surface area (Å²) in [5.74, 6) is -0.365. The molecule has 8 heteroatoms. The lowest BCUT2D eigenvalue weighted by Crippen LogP contribution is -2.45. The van der Waals surface area contributed by atoms with E-state index in [1.54, 1.807) is 11.4 Å². The minimum atomic E-state index is -3.66. The average molecular weight is 301 g/mol. The van der Waals surface area contributed by atoms with E-state index in [1.807, 2.05) is 6.07 Å². The summed E-state index contributed by atoms with van der Waals surface area (Å²) in [6.45, 7) is 1.76. The number of hydrogen-bond acceptors (Lipinski definition) is 5. The second-order valence-corrected chi connectivity index (χ2v) is 6.83. The molecule has 1 atom stereocenters. The van der Waals surface area contributed by atoms with Crippen LogP contribution in [0.15, 0.2) is 21.7 Å². The molecule has 104 valence electrons. The number of nitrogens with zero attached hydrogens (tertiary/aromatic N) is 2. The van der Waals surface area contributed by atoms with Gasteiger partial charge in [0.25, 0.3) is 10.0 Å². The van der Waals surface area contributed by atoms with Gasteiger partial charge >= 0.3 is 0 Å². The molecule has 0 fully saturated rings. The van der Waals surface area contributed by atoms with Crippen LogP contribution in [0.2, 0.25) is 0 Å². The maximum atomic E-state index is 11.9. The number of carbonyl (C=O) groups is 1. The predicted octanol–water partition coefficient (Wildman–Crippen LogP) is 0.787. The van der Waals surface area contributed by atoms with Crippen molar-refractivity contribution in [1.82, 2.24) is 9.62 Å². The summed E-state index contributed by atoms with van der Waals surface area (Å²) in [7, 11) is -2.12. The van der Waals surface area contributed by atoms with E-state index >= 15 is 0 Å². The van der Waals surface area contributed by atoms with Gasteiger partial charge in [0.15, 0.2) is 0 Å². The summed E-state index contributed by atoms with van der Waals surface area (Å²) in [5, 5.41) is 10.1. The average Bonchev–Trinajstić information content (AvgIpc) is 2.88. The molecule has 0 saturated carbocycles. The van der Waals surface area contributed by atoms with Crippen LogP contribution in [0.25, 0.3) is 0 Å². The molecule has 6 nitrogen and oxygen atoms in total. The smallest absolute Gasteiger partial charge is 0.250 e. The third-order valence-electron chi connectivity index (χ3n) is 2.40. The monoisotopic (exact) mass is 301 g/mol. The van der Waals surface area contributed by atoms with Gasteiger partial charge in [-0.05, 0) is 18.4 Å². The van der Waals surface area contributed by atoms with Crippen molar-refractivity contribution in [3.63, 3.8) is 0 Å². The van der Waals surface area contributed by atoms with Crippen LogP contribution in [-0.2, 0) is 14.8 Å². The third kappa shape index (κ3) is 4.31. The first-order valence-electron chi connectivity index (χ1n) is 5.56. The molecule has 0 aromatic carbocycles. The zero-order valence-electron chi connectivity index (χ0n) is 10.7. The lowest BCUT2D eigenvalue weighted by atomic mass is 10.3. The van der Waals surface area contributed by atoms with Crippen LogP contribution in [0.3, 0.4) is 0 Å². The van der Waals surface area contributed by atoms with E-state index in [-0.39, 0.29) is 23.1 Å². The Labute approximate surface area is 116 Å². The van der Waals surface area contributed by atoms with Gasteiger partial charge in [-0.2, -0.15) is 9.98 Å². The van der Waals surface area contributed by atoms with E-state index in [0.717, 1.165) is 11.3 Å². The number of rotatable bonds is 6. The predicted molar refractivity (Wildman–Crippen MR) is 72.0 cm³/mol. The number of nitriles is 1. The van der Waals surface area contributed by atoms with E-state index in [2.05, 4.69) is 4.72 Å². The topological polar surface area (TPSA) is 90.3 Å². The highest BCUT2D eigenvalue weighted by Crippen LogP contribution is 2.15. The van der Waals surface area contributed by atoms with E-state index in [9.17, 15) is 13.2 Å². The maximum absolute atomic E-state index is 11.9. The van der Waals surface area contributed by atoms with Gasteiger partial charge in [-0.1, -0.05) is 6.07 Å². The number of amides is 1. The minimum absolute atomic E-state index is 0.173. The van der Waals surface area contributed by atoms with Gasteiger partial charge in [0, 0.05) is 13.6 Å².